The van der Waals surface area contributed by atoms with Gasteiger partial charge in [-0.3, -0.25) is 4.79 Å². The van der Waals surface area contributed by atoms with Crippen molar-refractivity contribution in [2.75, 3.05) is 32.7 Å². The van der Waals surface area contributed by atoms with E-state index >= 15 is 0 Å². The van der Waals surface area contributed by atoms with Gasteiger partial charge in [-0.15, -0.1) is 0 Å². The van der Waals surface area contributed by atoms with Crippen molar-refractivity contribution in [2.24, 2.45) is 0 Å². The summed E-state index contributed by atoms with van der Waals surface area (Å²) < 4.78 is 0. The lowest BCUT2D eigenvalue weighted by Gasteiger charge is -2.21. The third kappa shape index (κ3) is 23.0. The van der Waals surface area contributed by atoms with Crippen LogP contribution in [0.25, 0.3) is 0 Å². The Morgan fingerprint density at radius 1 is 0.657 bits per heavy atom. The molecular formula is C27H55N3O5. The highest BCUT2D eigenvalue weighted by molar-refractivity contribution is 5.81. The van der Waals surface area contributed by atoms with Crippen LogP contribution in [0.3, 0.4) is 0 Å². The van der Waals surface area contributed by atoms with Gasteiger partial charge in [-0.25, -0.2) is 4.79 Å². The number of hydrogen-bond donors (Lipinski definition) is 3. The Labute approximate surface area is 214 Å². The fraction of sp³-hybridized carbons (Fsp3) is 0.926. The van der Waals surface area contributed by atoms with Gasteiger partial charge in [-0.1, -0.05) is 91.4 Å². The zero-order chi connectivity index (χ0) is 26.0. The first-order chi connectivity index (χ1) is 17.0. The van der Waals surface area contributed by atoms with Gasteiger partial charge in [0.05, 0.1) is 6.42 Å². The molecule has 0 aliphatic carbocycles. The van der Waals surface area contributed by atoms with Crippen molar-refractivity contribution in [2.45, 2.75) is 130 Å². The van der Waals surface area contributed by atoms with Gasteiger partial charge in [0.25, 0.3) is 0 Å². The zero-order valence-corrected chi connectivity index (χ0v) is 23.0. The van der Waals surface area contributed by atoms with Crippen LogP contribution in [-0.2, 0) is 19.3 Å². The molecule has 0 heterocycles. The first-order valence-corrected chi connectivity index (χ1v) is 14.3. The van der Waals surface area contributed by atoms with E-state index in [0.29, 0.717) is 13.1 Å². The summed E-state index contributed by atoms with van der Waals surface area (Å²) in [6, 6.07) is 0. The number of hydrogen-bond acceptors (Lipinski definition) is 8. The van der Waals surface area contributed by atoms with Crippen LogP contribution in [0.15, 0.2) is 0 Å². The van der Waals surface area contributed by atoms with E-state index in [2.05, 4.69) is 36.6 Å². The normalized spacial score (nSPS) is 12.1. The van der Waals surface area contributed by atoms with Crippen molar-refractivity contribution in [1.82, 2.24) is 15.9 Å². The van der Waals surface area contributed by atoms with Crippen LogP contribution < -0.4 is 11.0 Å². The summed E-state index contributed by atoms with van der Waals surface area (Å²) in [7, 11) is 0. The maximum atomic E-state index is 11.8. The molecule has 0 fully saturated rings. The minimum Gasteiger partial charge on any atom is -0.381 e. The largest absolute Gasteiger partial charge is 0.381 e. The Hall–Kier alpha value is -1.22. The van der Waals surface area contributed by atoms with Crippen molar-refractivity contribution in [3.8, 4) is 0 Å². The number of hydroxylamine groups is 2. The number of unbranched alkanes of at least 4 members (excludes halogenated alkanes) is 11. The standard InChI is InChI=1S/C27H55N3O5/c1-4-7-10-11-12-13-14-15-16-17-19-29-35-27(33)25(31)24-26(32)34-28-20-18-23-30(21-8-5-2)22-9-6-3/h25,28-29,31H,4-24H2,1-3H3. The lowest BCUT2D eigenvalue weighted by atomic mass is 10.1. The molecule has 0 amide bonds. The second-order valence-electron chi connectivity index (χ2n) is 9.49. The lowest BCUT2D eigenvalue weighted by molar-refractivity contribution is -0.168. The lowest BCUT2D eigenvalue weighted by Crippen LogP contribution is -2.34. The van der Waals surface area contributed by atoms with Crippen molar-refractivity contribution >= 4 is 11.9 Å². The molecule has 0 aliphatic rings. The molecule has 1 unspecified atom stereocenters. The highest BCUT2D eigenvalue weighted by Crippen LogP contribution is 2.10. The fourth-order valence-corrected chi connectivity index (χ4v) is 3.76. The highest BCUT2D eigenvalue weighted by Gasteiger charge is 2.22. The average Bonchev–Trinajstić information content (AvgIpc) is 2.85. The van der Waals surface area contributed by atoms with Crippen LogP contribution in [0.1, 0.15) is 124 Å². The molecule has 208 valence electrons. The quantitative estimate of drug-likeness (QED) is 0.112. The second-order valence-corrected chi connectivity index (χ2v) is 9.49. The molecular weight excluding hydrogens is 446 g/mol. The number of rotatable bonds is 26. The summed E-state index contributed by atoms with van der Waals surface area (Å²) in [6.45, 7) is 10.8. The van der Waals surface area contributed by atoms with Crippen molar-refractivity contribution < 1.29 is 24.4 Å². The predicted molar refractivity (Wildman–Crippen MR) is 142 cm³/mol. The van der Waals surface area contributed by atoms with Gasteiger partial charge in [-0.2, -0.15) is 11.0 Å². The maximum absolute atomic E-state index is 11.8. The number of aliphatic hydroxyl groups is 1. The molecule has 0 saturated heterocycles. The Balaban J connectivity index is 3.68. The van der Waals surface area contributed by atoms with E-state index in [1.807, 2.05) is 0 Å². The monoisotopic (exact) mass is 501 g/mol. The summed E-state index contributed by atoms with van der Waals surface area (Å²) in [5, 5.41) is 9.86. The molecule has 0 saturated carbocycles. The van der Waals surface area contributed by atoms with E-state index in [1.54, 1.807) is 0 Å². The summed E-state index contributed by atoms with van der Waals surface area (Å²) in [6.07, 6.45) is 16.0. The van der Waals surface area contributed by atoms with E-state index in [9.17, 15) is 14.7 Å². The molecule has 0 aromatic carbocycles. The first-order valence-electron chi connectivity index (χ1n) is 14.3. The van der Waals surface area contributed by atoms with E-state index in [-0.39, 0.29) is 0 Å². The van der Waals surface area contributed by atoms with Crippen molar-refractivity contribution in [3.63, 3.8) is 0 Å². The van der Waals surface area contributed by atoms with Gasteiger partial charge in [0, 0.05) is 13.1 Å². The number of carbonyl (C=O) groups excluding carboxylic acids is 2. The Kier molecular flexibility index (Phi) is 25.0. The van der Waals surface area contributed by atoms with Crippen molar-refractivity contribution in [3.05, 3.63) is 0 Å². The summed E-state index contributed by atoms with van der Waals surface area (Å²) in [5.41, 5.74) is 5.22. The predicted octanol–water partition coefficient (Wildman–Crippen LogP) is 5.05. The Morgan fingerprint density at radius 2 is 1.11 bits per heavy atom. The van der Waals surface area contributed by atoms with Gasteiger partial charge >= 0.3 is 11.9 Å². The molecule has 0 spiro atoms. The third-order valence-electron chi connectivity index (χ3n) is 6.03. The van der Waals surface area contributed by atoms with Crippen LogP contribution in [0.4, 0.5) is 0 Å². The maximum Gasteiger partial charge on any atom is 0.354 e. The molecule has 8 heteroatoms. The zero-order valence-electron chi connectivity index (χ0n) is 23.0. The molecule has 1 atom stereocenters. The van der Waals surface area contributed by atoms with Gasteiger partial charge in [0.1, 0.15) is 0 Å². The summed E-state index contributed by atoms with van der Waals surface area (Å²) in [5.74, 6) is -1.55. The molecule has 0 rings (SSSR count). The number of aliphatic hydroxyl groups excluding tert-OH is 1. The van der Waals surface area contributed by atoms with E-state index in [1.165, 1.54) is 77.0 Å². The number of nitrogens with one attached hydrogen (secondary N) is 2. The van der Waals surface area contributed by atoms with Crippen molar-refractivity contribution in [1.29, 1.82) is 0 Å². The minimum absolute atomic E-state index is 0.440. The van der Waals surface area contributed by atoms with Gasteiger partial charge in [0.15, 0.2) is 6.10 Å². The summed E-state index contributed by atoms with van der Waals surface area (Å²) >= 11 is 0. The fourth-order valence-electron chi connectivity index (χ4n) is 3.76. The molecule has 0 aliphatic heterocycles. The van der Waals surface area contributed by atoms with Crippen LogP contribution in [-0.4, -0.2) is 60.8 Å². The SMILES string of the molecule is CCCCCCCCCCCCNOC(=O)C(O)CC(=O)ONCCCN(CCCC)CCCC. The minimum atomic E-state index is -1.54. The number of carbonyl (C=O) groups is 2. The van der Waals surface area contributed by atoms with Crippen LogP contribution in [0.2, 0.25) is 0 Å². The highest BCUT2D eigenvalue weighted by atomic mass is 16.7. The Morgan fingerprint density at radius 3 is 1.69 bits per heavy atom. The molecule has 0 aromatic rings. The number of nitrogens with zero attached hydrogens (tertiary/aromatic N) is 1. The third-order valence-corrected chi connectivity index (χ3v) is 6.03. The summed E-state index contributed by atoms with van der Waals surface area (Å²) in [4.78, 5) is 35.9. The molecule has 8 nitrogen and oxygen atoms in total. The van der Waals surface area contributed by atoms with Gasteiger partial charge in [-0.05, 0) is 45.3 Å². The van der Waals surface area contributed by atoms with E-state index in [4.69, 9.17) is 9.68 Å². The molecule has 0 bridgehead atoms. The van der Waals surface area contributed by atoms with Crippen LogP contribution in [0.5, 0.6) is 0 Å². The Bertz CT molecular complexity index is 485. The smallest absolute Gasteiger partial charge is 0.354 e. The average molecular weight is 502 g/mol. The topological polar surface area (TPSA) is 100 Å². The molecule has 0 radical (unpaired) electrons. The first kappa shape index (κ1) is 33.8. The second kappa shape index (κ2) is 25.9. The van der Waals surface area contributed by atoms with Gasteiger partial charge in [0.2, 0.25) is 0 Å². The molecule has 35 heavy (non-hydrogen) atoms. The van der Waals surface area contributed by atoms with Gasteiger partial charge < -0.3 is 19.7 Å². The molecule has 3 N–H and O–H groups in total. The van der Waals surface area contributed by atoms with E-state index < -0.39 is 24.5 Å². The van der Waals surface area contributed by atoms with E-state index in [0.717, 1.165) is 38.9 Å². The van der Waals surface area contributed by atoms with Crippen LogP contribution in [0, 0.1) is 0 Å². The molecule has 0 aromatic heterocycles. The van der Waals surface area contributed by atoms with Crippen LogP contribution >= 0.6 is 0 Å².